The van der Waals surface area contributed by atoms with E-state index in [1.165, 1.54) is 0 Å². The third kappa shape index (κ3) is 3.69. The average Bonchev–Trinajstić information content (AvgIpc) is 3.16. The maximum atomic E-state index is 13.7. The Labute approximate surface area is 170 Å². The number of halogens is 2. The van der Waals surface area contributed by atoms with Crippen molar-refractivity contribution in [3.63, 3.8) is 0 Å². The van der Waals surface area contributed by atoms with Crippen LogP contribution in [0.5, 0.6) is 0 Å². The topological polar surface area (TPSA) is 74.8 Å². The summed E-state index contributed by atoms with van der Waals surface area (Å²) in [6, 6.07) is 16.1. The second-order valence-electron chi connectivity index (χ2n) is 6.79. The Morgan fingerprint density at radius 2 is 1.57 bits per heavy atom. The van der Waals surface area contributed by atoms with Crippen molar-refractivity contribution in [2.24, 2.45) is 0 Å². The van der Waals surface area contributed by atoms with Gasteiger partial charge in [0.15, 0.2) is 11.6 Å². The van der Waals surface area contributed by atoms with Gasteiger partial charge in [-0.15, -0.1) is 0 Å². The molecule has 2 N–H and O–H groups in total. The lowest BCUT2D eigenvalue weighted by molar-refractivity contribution is 0.0855. The highest BCUT2D eigenvalue weighted by Gasteiger charge is 2.33. The van der Waals surface area contributed by atoms with Crippen LogP contribution in [0.25, 0.3) is 11.0 Å². The molecule has 0 saturated heterocycles. The van der Waals surface area contributed by atoms with E-state index >= 15 is 0 Å². The number of anilines is 1. The number of fused-ring (bicyclic) bond motifs is 1. The summed E-state index contributed by atoms with van der Waals surface area (Å²) in [6.07, 6.45) is 0. The van der Waals surface area contributed by atoms with E-state index in [4.69, 9.17) is 0 Å². The number of H-pyrrole nitrogens is 1. The predicted octanol–water partition coefficient (Wildman–Crippen LogP) is 4.73. The summed E-state index contributed by atoms with van der Waals surface area (Å²) < 4.78 is 27.4. The number of imidazole rings is 1. The molecule has 0 aliphatic carbocycles. The van der Waals surface area contributed by atoms with Crippen molar-refractivity contribution in [1.82, 2.24) is 9.97 Å². The molecule has 0 bridgehead atoms. The molecule has 1 unspecified atom stereocenters. The number of aromatic amines is 1. The molecule has 4 rings (SSSR count). The van der Waals surface area contributed by atoms with E-state index in [-0.39, 0.29) is 11.4 Å². The molecule has 0 amide bonds. The smallest absolute Gasteiger partial charge is 0.181 e. The highest BCUT2D eigenvalue weighted by atomic mass is 19.1. The van der Waals surface area contributed by atoms with Crippen molar-refractivity contribution < 1.29 is 18.4 Å². The quantitative estimate of drug-likeness (QED) is 0.359. The third-order valence-electron chi connectivity index (χ3n) is 4.79. The zero-order valence-corrected chi connectivity index (χ0v) is 15.9. The summed E-state index contributed by atoms with van der Waals surface area (Å²) in [5, 5.41) is 3.00. The van der Waals surface area contributed by atoms with Gasteiger partial charge in [0.2, 0.25) is 0 Å². The first kappa shape index (κ1) is 19.4. The number of hydrogen-bond acceptors (Lipinski definition) is 4. The van der Waals surface area contributed by atoms with E-state index < -0.39 is 29.1 Å². The first-order chi connectivity index (χ1) is 14.5. The number of aromatic nitrogens is 2. The van der Waals surface area contributed by atoms with E-state index in [1.807, 2.05) is 6.07 Å². The highest BCUT2D eigenvalue weighted by Crippen LogP contribution is 2.27. The normalized spacial score (nSPS) is 12.0. The molecule has 0 spiro atoms. The molecule has 0 radical (unpaired) electrons. The van der Waals surface area contributed by atoms with Crippen molar-refractivity contribution in [1.29, 1.82) is 0 Å². The fourth-order valence-electron chi connectivity index (χ4n) is 3.32. The third-order valence-corrected chi connectivity index (χ3v) is 4.79. The standard InChI is InChI=1S/C23H17F2N3O2/c1-26-17-7-8-18-19(12-17)28-23(27-18)20(21(29)13-5-3-2-4-6-13)22(30)14-9-15(24)11-16(25)10-14/h2-12,20,26H,1H3,(H,27,28). The number of Topliss-reactive ketones (excluding diaryl/α,β-unsaturated/α-hetero) is 2. The summed E-state index contributed by atoms with van der Waals surface area (Å²) in [5.74, 6) is -4.31. The van der Waals surface area contributed by atoms with Crippen LogP contribution in [0.2, 0.25) is 0 Å². The van der Waals surface area contributed by atoms with E-state index in [0.29, 0.717) is 22.7 Å². The van der Waals surface area contributed by atoms with Gasteiger partial charge in [0.1, 0.15) is 23.4 Å². The van der Waals surface area contributed by atoms with Gasteiger partial charge in [0.25, 0.3) is 0 Å². The Morgan fingerprint density at radius 3 is 2.23 bits per heavy atom. The number of nitrogens with zero attached hydrogens (tertiary/aromatic N) is 1. The van der Waals surface area contributed by atoms with Crippen LogP contribution < -0.4 is 5.32 Å². The number of carbonyl (C=O) groups excluding carboxylic acids is 2. The van der Waals surface area contributed by atoms with Gasteiger partial charge in [-0.1, -0.05) is 30.3 Å². The molecular weight excluding hydrogens is 388 g/mol. The van der Waals surface area contributed by atoms with E-state index in [0.717, 1.165) is 17.8 Å². The van der Waals surface area contributed by atoms with Crippen molar-refractivity contribution >= 4 is 28.3 Å². The number of benzene rings is 3. The molecule has 1 heterocycles. The van der Waals surface area contributed by atoms with Gasteiger partial charge in [0.05, 0.1) is 11.0 Å². The maximum Gasteiger partial charge on any atom is 0.181 e. The molecule has 3 aromatic carbocycles. The van der Waals surface area contributed by atoms with Gasteiger partial charge in [-0.05, 0) is 30.3 Å². The number of nitrogens with one attached hydrogen (secondary N) is 2. The Hall–Kier alpha value is -3.87. The monoisotopic (exact) mass is 405 g/mol. The van der Waals surface area contributed by atoms with Gasteiger partial charge in [0, 0.05) is 29.9 Å². The zero-order chi connectivity index (χ0) is 21.3. The fraction of sp³-hybridized carbons (Fsp3) is 0.0870. The molecule has 4 aromatic rings. The lowest BCUT2D eigenvalue weighted by Gasteiger charge is -2.13. The molecule has 1 aromatic heterocycles. The van der Waals surface area contributed by atoms with Crippen LogP contribution in [0.4, 0.5) is 14.5 Å². The fourth-order valence-corrected chi connectivity index (χ4v) is 3.32. The number of hydrogen-bond donors (Lipinski definition) is 2. The van der Waals surface area contributed by atoms with Crippen LogP contribution in [-0.2, 0) is 0 Å². The minimum atomic E-state index is -1.38. The molecule has 30 heavy (non-hydrogen) atoms. The first-order valence-electron chi connectivity index (χ1n) is 9.23. The van der Waals surface area contributed by atoms with Crippen LogP contribution in [0.3, 0.4) is 0 Å². The van der Waals surface area contributed by atoms with Gasteiger partial charge in [-0.2, -0.15) is 0 Å². The number of rotatable bonds is 6. The summed E-state index contributed by atoms with van der Waals surface area (Å²) in [7, 11) is 1.77. The summed E-state index contributed by atoms with van der Waals surface area (Å²) in [5.41, 5.74) is 2.07. The predicted molar refractivity (Wildman–Crippen MR) is 110 cm³/mol. The molecule has 1 atom stereocenters. The molecule has 150 valence electrons. The molecule has 0 saturated carbocycles. The molecule has 7 heteroatoms. The molecule has 0 aliphatic rings. The summed E-state index contributed by atoms with van der Waals surface area (Å²) >= 11 is 0. The Balaban J connectivity index is 1.85. The van der Waals surface area contributed by atoms with Gasteiger partial charge in [-0.3, -0.25) is 9.59 Å². The van der Waals surface area contributed by atoms with Crippen LogP contribution >= 0.6 is 0 Å². The first-order valence-corrected chi connectivity index (χ1v) is 9.23. The van der Waals surface area contributed by atoms with Crippen molar-refractivity contribution in [3.05, 3.63) is 95.3 Å². The van der Waals surface area contributed by atoms with Crippen molar-refractivity contribution in [2.45, 2.75) is 5.92 Å². The second-order valence-corrected chi connectivity index (χ2v) is 6.79. The van der Waals surface area contributed by atoms with E-state index in [9.17, 15) is 18.4 Å². The Kier molecular flexibility index (Phi) is 5.10. The number of ketones is 2. The lowest BCUT2D eigenvalue weighted by Crippen LogP contribution is -2.24. The zero-order valence-electron chi connectivity index (χ0n) is 15.9. The van der Waals surface area contributed by atoms with Crippen molar-refractivity contribution in [3.8, 4) is 0 Å². The van der Waals surface area contributed by atoms with Crippen LogP contribution in [-0.4, -0.2) is 28.6 Å². The molecule has 5 nitrogen and oxygen atoms in total. The Bertz CT molecular complexity index is 1230. The maximum absolute atomic E-state index is 13.7. The largest absolute Gasteiger partial charge is 0.388 e. The summed E-state index contributed by atoms with van der Waals surface area (Å²) in [4.78, 5) is 33.9. The Morgan fingerprint density at radius 1 is 0.900 bits per heavy atom. The lowest BCUT2D eigenvalue weighted by atomic mass is 9.89. The van der Waals surface area contributed by atoms with Crippen LogP contribution in [0.15, 0.2) is 66.7 Å². The average molecular weight is 405 g/mol. The van der Waals surface area contributed by atoms with Crippen molar-refractivity contribution in [2.75, 3.05) is 12.4 Å². The van der Waals surface area contributed by atoms with Crippen LogP contribution in [0.1, 0.15) is 32.5 Å². The molecule has 0 aliphatic heterocycles. The molecule has 0 fully saturated rings. The SMILES string of the molecule is CNc1ccc2nc(C(C(=O)c3ccccc3)C(=O)c3cc(F)cc(F)c3)[nH]c2c1. The highest BCUT2D eigenvalue weighted by molar-refractivity contribution is 6.19. The molecular formula is C23H17F2N3O2. The second kappa shape index (κ2) is 7.87. The van der Waals surface area contributed by atoms with E-state index in [2.05, 4.69) is 15.3 Å². The minimum absolute atomic E-state index is 0.113. The van der Waals surface area contributed by atoms with Gasteiger partial charge in [-0.25, -0.2) is 13.8 Å². The van der Waals surface area contributed by atoms with Gasteiger partial charge < -0.3 is 10.3 Å². The van der Waals surface area contributed by atoms with E-state index in [1.54, 1.807) is 49.5 Å². The van der Waals surface area contributed by atoms with Crippen LogP contribution in [0, 0.1) is 11.6 Å². The number of carbonyl (C=O) groups is 2. The minimum Gasteiger partial charge on any atom is -0.388 e. The summed E-state index contributed by atoms with van der Waals surface area (Å²) in [6.45, 7) is 0. The van der Waals surface area contributed by atoms with Gasteiger partial charge >= 0.3 is 0 Å².